The van der Waals surface area contributed by atoms with Crippen molar-refractivity contribution in [3.05, 3.63) is 72.3 Å². The van der Waals surface area contributed by atoms with Crippen LogP contribution in [0.4, 0.5) is 5.69 Å². The van der Waals surface area contributed by atoms with Gasteiger partial charge >= 0.3 is 0 Å². The molecule has 1 amide bonds. The van der Waals surface area contributed by atoms with Crippen molar-refractivity contribution in [3.8, 4) is 5.75 Å². The number of carbonyl (C=O) groups is 1. The summed E-state index contributed by atoms with van der Waals surface area (Å²) in [6.45, 7) is 13.1. The highest BCUT2D eigenvalue weighted by Gasteiger charge is 2.56. The van der Waals surface area contributed by atoms with Gasteiger partial charge in [-0.15, -0.1) is 13.2 Å². The first kappa shape index (κ1) is 30.9. The van der Waals surface area contributed by atoms with Crippen LogP contribution in [-0.2, 0) is 10.0 Å². The highest BCUT2D eigenvalue weighted by Crippen LogP contribution is 2.59. The number of anilines is 1. The molecule has 1 aromatic rings. The van der Waals surface area contributed by atoms with Crippen LogP contribution >= 0.6 is 11.6 Å². The number of fused-ring (bicyclic) bond motifs is 3. The van der Waals surface area contributed by atoms with E-state index >= 15 is 0 Å². The van der Waals surface area contributed by atoms with Crippen molar-refractivity contribution in [2.24, 2.45) is 28.6 Å². The van der Waals surface area contributed by atoms with E-state index in [-0.39, 0.29) is 28.2 Å². The largest absolute Gasteiger partial charge is 0.491 e. The molecule has 2 fully saturated rings. The number of ether oxygens (including phenoxy) is 1. The molecule has 0 aromatic heterocycles. The van der Waals surface area contributed by atoms with Gasteiger partial charge < -0.3 is 14.7 Å². The maximum Gasteiger partial charge on any atom is 0.264 e. The molecule has 7 atom stereocenters. The summed E-state index contributed by atoms with van der Waals surface area (Å²) in [4.78, 5) is 15.5. The van der Waals surface area contributed by atoms with Crippen LogP contribution in [0.15, 0.2) is 66.8 Å². The van der Waals surface area contributed by atoms with Crippen LogP contribution in [0.25, 0.3) is 0 Å². The zero-order chi connectivity index (χ0) is 30.3. The Morgan fingerprint density at radius 2 is 2.10 bits per heavy atom. The Labute approximate surface area is 255 Å². The van der Waals surface area contributed by atoms with Gasteiger partial charge in [-0.1, -0.05) is 49.2 Å². The van der Waals surface area contributed by atoms with E-state index < -0.39 is 27.3 Å². The van der Waals surface area contributed by atoms with Gasteiger partial charge in [0, 0.05) is 34.5 Å². The molecule has 2 unspecified atom stereocenters. The summed E-state index contributed by atoms with van der Waals surface area (Å²) in [5.41, 5.74) is 0.621. The van der Waals surface area contributed by atoms with Crippen LogP contribution in [0, 0.1) is 28.6 Å². The number of aliphatic hydroxyl groups excluding tert-OH is 1. The van der Waals surface area contributed by atoms with Gasteiger partial charge in [0.25, 0.3) is 5.91 Å². The van der Waals surface area contributed by atoms with E-state index in [0.29, 0.717) is 37.8 Å². The number of rotatable bonds is 9. The predicted molar refractivity (Wildman–Crippen MR) is 168 cm³/mol. The number of amides is 1. The second-order valence-corrected chi connectivity index (χ2v) is 15.3. The van der Waals surface area contributed by atoms with E-state index in [1.165, 1.54) is 13.0 Å². The summed E-state index contributed by atoms with van der Waals surface area (Å²) in [5.74, 6) is 0.729. The number of aliphatic hydroxyl groups is 1. The van der Waals surface area contributed by atoms with Gasteiger partial charge in [-0.25, -0.2) is 13.1 Å². The molecule has 1 aliphatic heterocycles. The minimum Gasteiger partial charge on any atom is -0.491 e. The smallest absolute Gasteiger partial charge is 0.264 e. The third-order valence-corrected chi connectivity index (χ3v) is 12.4. The number of hydrogen-bond acceptors (Lipinski definition) is 6. The van der Waals surface area contributed by atoms with Gasteiger partial charge in [0.05, 0.1) is 23.6 Å². The molecule has 0 saturated heterocycles. The van der Waals surface area contributed by atoms with E-state index in [0.717, 1.165) is 42.8 Å². The summed E-state index contributed by atoms with van der Waals surface area (Å²) in [6, 6.07) is 5.15. The fraction of sp³-hybridized carbons (Fsp3) is 0.545. The number of hydrogen-bond donors (Lipinski definition) is 2. The molecular formula is C33H43ClN2O5S. The fourth-order valence-corrected chi connectivity index (χ4v) is 8.45. The van der Waals surface area contributed by atoms with Crippen LogP contribution in [0.3, 0.4) is 0 Å². The molecule has 5 rings (SSSR count). The van der Waals surface area contributed by atoms with Crippen molar-refractivity contribution in [3.63, 3.8) is 0 Å². The van der Waals surface area contributed by atoms with E-state index in [1.807, 2.05) is 6.08 Å². The normalized spacial score (nSPS) is 31.8. The summed E-state index contributed by atoms with van der Waals surface area (Å²) in [5, 5.41) is 10.7. The number of carbonyl (C=O) groups excluding carboxylic acids is 1. The van der Waals surface area contributed by atoms with E-state index in [1.54, 1.807) is 24.3 Å². The first-order chi connectivity index (χ1) is 19.9. The number of halogens is 1. The third-order valence-electron chi connectivity index (χ3n) is 10.5. The summed E-state index contributed by atoms with van der Waals surface area (Å²) in [6.07, 6.45) is 14.7. The quantitative estimate of drug-likeness (QED) is 0.333. The Morgan fingerprint density at radius 1 is 1.31 bits per heavy atom. The first-order valence-corrected chi connectivity index (χ1v) is 16.9. The molecule has 3 aliphatic carbocycles. The molecule has 2 saturated carbocycles. The lowest BCUT2D eigenvalue weighted by Crippen LogP contribution is -2.56. The van der Waals surface area contributed by atoms with Crippen molar-refractivity contribution < 1.29 is 23.1 Å². The highest BCUT2D eigenvalue weighted by molar-refractivity contribution is 7.90. The van der Waals surface area contributed by atoms with Crippen molar-refractivity contribution >= 4 is 33.2 Å². The molecule has 228 valence electrons. The summed E-state index contributed by atoms with van der Waals surface area (Å²) < 4.78 is 34.0. The van der Waals surface area contributed by atoms with Crippen LogP contribution in [0.2, 0.25) is 0 Å². The fourth-order valence-electron chi connectivity index (χ4n) is 7.42. The lowest BCUT2D eigenvalue weighted by atomic mass is 9.51. The zero-order valence-electron chi connectivity index (χ0n) is 24.6. The maximum atomic E-state index is 13.2. The predicted octanol–water partition coefficient (Wildman–Crippen LogP) is 5.97. The Morgan fingerprint density at radius 3 is 2.79 bits per heavy atom. The number of nitrogens with one attached hydrogen (secondary N) is 1. The molecule has 4 aliphatic rings. The van der Waals surface area contributed by atoms with Gasteiger partial charge in [-0.05, 0) is 81.1 Å². The van der Waals surface area contributed by atoms with Gasteiger partial charge in [-0.2, -0.15) is 0 Å². The van der Waals surface area contributed by atoms with Crippen molar-refractivity contribution in [1.29, 1.82) is 0 Å². The second kappa shape index (κ2) is 11.9. The number of sulfonamides is 1. The number of allylic oxidation sites excluding steroid dienone is 4. The van der Waals surface area contributed by atoms with Crippen LogP contribution in [0.5, 0.6) is 5.75 Å². The molecule has 0 bridgehead atoms. The van der Waals surface area contributed by atoms with E-state index in [9.17, 15) is 18.3 Å². The molecule has 9 heteroatoms. The molecule has 0 radical (unpaired) electrons. The van der Waals surface area contributed by atoms with E-state index in [4.69, 9.17) is 16.3 Å². The number of nitrogens with zero attached hydrogens (tertiary/aromatic N) is 1. The monoisotopic (exact) mass is 614 g/mol. The highest BCUT2D eigenvalue weighted by atomic mass is 35.5. The van der Waals surface area contributed by atoms with Crippen molar-refractivity contribution in [2.45, 2.75) is 63.7 Å². The van der Waals surface area contributed by atoms with Gasteiger partial charge in [0.15, 0.2) is 0 Å². The molecule has 42 heavy (non-hydrogen) atoms. The van der Waals surface area contributed by atoms with Crippen LogP contribution in [0.1, 0.15) is 62.7 Å². The molecule has 1 heterocycles. The SMILES string of the molecule is C=CC[C@H](O)[C@@H]1CC[C@H]1CN1C[C@@]2(CCCC3C=C(Cl)C=CC32C)COc2ccc(C(=O)NS(=O)(=O)[C@@H](C)C=C)cc21. The topological polar surface area (TPSA) is 95.9 Å². The Hall–Kier alpha value is -2.55. The maximum absolute atomic E-state index is 13.2. The molecule has 7 nitrogen and oxygen atoms in total. The van der Waals surface area contributed by atoms with Crippen molar-refractivity contribution in [1.82, 2.24) is 4.72 Å². The lowest BCUT2D eigenvalue weighted by molar-refractivity contribution is -0.0250. The molecule has 1 aromatic carbocycles. The molecule has 1 spiro atoms. The number of benzene rings is 1. The van der Waals surface area contributed by atoms with Gasteiger partial charge in [-0.3, -0.25) is 4.79 Å². The van der Waals surface area contributed by atoms with Crippen LogP contribution in [-0.4, -0.2) is 50.5 Å². The summed E-state index contributed by atoms with van der Waals surface area (Å²) in [7, 11) is -3.91. The Kier molecular flexibility index (Phi) is 8.72. The summed E-state index contributed by atoms with van der Waals surface area (Å²) >= 11 is 6.46. The minimum atomic E-state index is -3.91. The average molecular weight is 615 g/mol. The lowest BCUT2D eigenvalue weighted by Gasteiger charge is -2.56. The minimum absolute atomic E-state index is 0.176. The van der Waals surface area contributed by atoms with Gasteiger partial charge in [0.1, 0.15) is 5.75 Å². The Balaban J connectivity index is 1.51. The third kappa shape index (κ3) is 5.58. The van der Waals surface area contributed by atoms with Gasteiger partial charge in [0.2, 0.25) is 10.0 Å². The first-order valence-electron chi connectivity index (χ1n) is 15.0. The molecule has 2 N–H and O–H groups in total. The van der Waals surface area contributed by atoms with E-state index in [2.05, 4.69) is 41.9 Å². The zero-order valence-corrected chi connectivity index (χ0v) is 26.2. The average Bonchev–Trinajstić information content (AvgIpc) is 3.09. The Bertz CT molecular complexity index is 1410. The standard InChI is InChI=1S/C33H43ClN2O5S/c1-5-8-29(37)27-12-10-24(27)19-36-20-33(15-7-9-25-18-26(34)14-16-32(25,33)4)21-41-30-13-11-23(17-28(30)36)31(38)35-42(39,40)22(3)6-2/h5-6,11,13-14,16-18,22,24-25,27,29,37H,1-2,7-10,12,15,19-21H2,3-4H3,(H,35,38)/t22-,24-,25?,27+,29-,32?,33-/m0/s1. The van der Waals surface area contributed by atoms with Crippen LogP contribution < -0.4 is 14.4 Å². The molecular weight excluding hydrogens is 572 g/mol. The second-order valence-electron chi connectivity index (χ2n) is 12.8. The van der Waals surface area contributed by atoms with Crippen molar-refractivity contribution in [2.75, 3.05) is 24.6 Å².